The van der Waals surface area contributed by atoms with Crippen LogP contribution in [0, 0.1) is 0 Å². The molecular weight excluding hydrogens is 238 g/mol. The van der Waals surface area contributed by atoms with Gasteiger partial charge >= 0.3 is 0 Å². The van der Waals surface area contributed by atoms with Gasteiger partial charge in [0.2, 0.25) is 0 Å². The number of aliphatic imine (C=N–C) groups is 1. The predicted octanol–water partition coefficient (Wildman–Crippen LogP) is 2.34. The summed E-state index contributed by atoms with van der Waals surface area (Å²) in [6, 6.07) is 7.86. The third-order valence-corrected chi connectivity index (χ3v) is 3.21. The highest BCUT2D eigenvalue weighted by atomic mass is 16.2. The summed E-state index contributed by atoms with van der Waals surface area (Å²) in [7, 11) is 0. The Bertz CT molecular complexity index is 477. The van der Waals surface area contributed by atoms with Crippen molar-refractivity contribution in [2.24, 2.45) is 4.99 Å². The van der Waals surface area contributed by atoms with Gasteiger partial charge in [-0.25, -0.2) is 0 Å². The second-order valence-electron chi connectivity index (χ2n) is 5.12. The Morgan fingerprint density at radius 3 is 2.53 bits per heavy atom. The number of rotatable bonds is 4. The third-order valence-electron chi connectivity index (χ3n) is 3.21. The summed E-state index contributed by atoms with van der Waals surface area (Å²) in [6.45, 7) is 7.10. The van der Waals surface area contributed by atoms with Crippen LogP contribution in [0.3, 0.4) is 0 Å². The van der Waals surface area contributed by atoms with Gasteiger partial charge in [-0.2, -0.15) is 0 Å². The van der Waals surface area contributed by atoms with Crippen molar-refractivity contribution in [2.75, 3.05) is 6.54 Å². The van der Waals surface area contributed by atoms with Gasteiger partial charge in [0, 0.05) is 6.54 Å². The first-order chi connectivity index (χ1) is 9.11. The SMILES string of the molecule is CCCN=C1NC(=O)C(c2ccc(C(C)C)cc2)N1. The van der Waals surface area contributed by atoms with Crippen LogP contribution in [0.5, 0.6) is 0 Å². The van der Waals surface area contributed by atoms with Crippen LogP contribution in [0.25, 0.3) is 0 Å². The standard InChI is InChI=1S/C15H21N3O/c1-4-9-16-15-17-13(14(19)18-15)12-7-5-11(6-8-12)10(2)3/h5-8,10,13H,4,9H2,1-3H3,(H2,16,17,18,19). The molecule has 1 fully saturated rings. The molecule has 1 aromatic rings. The van der Waals surface area contributed by atoms with E-state index in [0.717, 1.165) is 18.5 Å². The van der Waals surface area contributed by atoms with Crippen LogP contribution in [-0.2, 0) is 4.79 Å². The van der Waals surface area contributed by atoms with Crippen LogP contribution in [0.1, 0.15) is 50.3 Å². The largest absolute Gasteiger partial charge is 0.340 e. The summed E-state index contributed by atoms with van der Waals surface area (Å²) < 4.78 is 0. The molecule has 1 amide bonds. The molecule has 19 heavy (non-hydrogen) atoms. The summed E-state index contributed by atoms with van der Waals surface area (Å²) in [5.41, 5.74) is 2.26. The van der Waals surface area contributed by atoms with Crippen LogP contribution < -0.4 is 10.6 Å². The molecule has 1 saturated heterocycles. The Labute approximate surface area is 114 Å². The molecule has 1 aromatic carbocycles. The van der Waals surface area contributed by atoms with Crippen molar-refractivity contribution < 1.29 is 4.79 Å². The van der Waals surface area contributed by atoms with Crippen LogP contribution in [0.15, 0.2) is 29.3 Å². The Morgan fingerprint density at radius 1 is 1.26 bits per heavy atom. The number of benzene rings is 1. The van der Waals surface area contributed by atoms with Crippen molar-refractivity contribution in [3.05, 3.63) is 35.4 Å². The zero-order chi connectivity index (χ0) is 13.8. The molecule has 0 aromatic heterocycles. The molecule has 4 heteroatoms. The van der Waals surface area contributed by atoms with Gasteiger partial charge in [-0.1, -0.05) is 45.0 Å². The van der Waals surface area contributed by atoms with Gasteiger partial charge < -0.3 is 5.32 Å². The maximum atomic E-state index is 11.9. The fraction of sp³-hybridized carbons (Fsp3) is 0.467. The van der Waals surface area contributed by atoms with E-state index in [-0.39, 0.29) is 11.9 Å². The zero-order valence-electron chi connectivity index (χ0n) is 11.7. The minimum absolute atomic E-state index is 0.0350. The van der Waals surface area contributed by atoms with E-state index >= 15 is 0 Å². The highest BCUT2D eigenvalue weighted by Gasteiger charge is 2.29. The van der Waals surface area contributed by atoms with Gasteiger partial charge in [0.25, 0.3) is 5.91 Å². The fourth-order valence-electron chi connectivity index (χ4n) is 2.04. The number of carbonyl (C=O) groups is 1. The van der Waals surface area contributed by atoms with Gasteiger partial charge in [-0.15, -0.1) is 0 Å². The number of carbonyl (C=O) groups excluding carboxylic acids is 1. The van der Waals surface area contributed by atoms with Crippen LogP contribution in [0.2, 0.25) is 0 Å². The lowest BCUT2D eigenvalue weighted by molar-refractivity contribution is -0.120. The lowest BCUT2D eigenvalue weighted by atomic mass is 9.99. The monoisotopic (exact) mass is 259 g/mol. The molecule has 2 rings (SSSR count). The molecule has 0 aliphatic carbocycles. The summed E-state index contributed by atoms with van der Waals surface area (Å²) >= 11 is 0. The molecule has 4 nitrogen and oxygen atoms in total. The average molecular weight is 259 g/mol. The minimum Gasteiger partial charge on any atom is -0.340 e. The molecule has 0 radical (unpaired) electrons. The van der Waals surface area contributed by atoms with Crippen molar-refractivity contribution in [3.63, 3.8) is 0 Å². The molecular formula is C15H21N3O. The molecule has 1 aliphatic rings. The molecule has 1 aliphatic heterocycles. The number of guanidine groups is 1. The summed E-state index contributed by atoms with van der Waals surface area (Å²) in [5.74, 6) is 1.05. The van der Waals surface area contributed by atoms with Crippen molar-refractivity contribution in [1.82, 2.24) is 10.6 Å². The van der Waals surface area contributed by atoms with E-state index < -0.39 is 0 Å². The lowest BCUT2D eigenvalue weighted by Gasteiger charge is -2.10. The smallest absolute Gasteiger partial charge is 0.253 e. The molecule has 1 unspecified atom stereocenters. The first kappa shape index (κ1) is 13.6. The summed E-state index contributed by atoms with van der Waals surface area (Å²) in [5, 5.41) is 5.90. The molecule has 1 atom stereocenters. The second-order valence-corrected chi connectivity index (χ2v) is 5.12. The molecule has 0 bridgehead atoms. The number of hydrogen-bond donors (Lipinski definition) is 2. The van der Waals surface area contributed by atoms with Crippen LogP contribution >= 0.6 is 0 Å². The predicted molar refractivity (Wildman–Crippen MR) is 77.1 cm³/mol. The van der Waals surface area contributed by atoms with E-state index in [0.29, 0.717) is 11.9 Å². The minimum atomic E-state index is -0.322. The maximum absolute atomic E-state index is 11.9. The van der Waals surface area contributed by atoms with Gasteiger partial charge in [0.05, 0.1) is 0 Å². The van der Waals surface area contributed by atoms with Crippen molar-refractivity contribution in [3.8, 4) is 0 Å². The Kier molecular flexibility index (Phi) is 4.20. The lowest BCUT2D eigenvalue weighted by Crippen LogP contribution is -2.25. The molecule has 102 valence electrons. The van der Waals surface area contributed by atoms with Crippen molar-refractivity contribution in [1.29, 1.82) is 0 Å². The van der Waals surface area contributed by atoms with E-state index in [1.807, 2.05) is 12.1 Å². The number of hydrogen-bond acceptors (Lipinski definition) is 2. The van der Waals surface area contributed by atoms with E-state index in [1.54, 1.807) is 0 Å². The Hall–Kier alpha value is -1.84. The van der Waals surface area contributed by atoms with E-state index in [2.05, 4.69) is 48.5 Å². The number of amides is 1. The van der Waals surface area contributed by atoms with Crippen LogP contribution in [0.4, 0.5) is 0 Å². The van der Waals surface area contributed by atoms with Crippen molar-refractivity contribution in [2.45, 2.75) is 39.2 Å². The number of nitrogens with zero attached hydrogens (tertiary/aromatic N) is 1. The van der Waals surface area contributed by atoms with Gasteiger partial charge in [0.1, 0.15) is 6.04 Å². The van der Waals surface area contributed by atoms with Gasteiger partial charge in [-0.05, 0) is 23.5 Å². The quantitative estimate of drug-likeness (QED) is 0.872. The summed E-state index contributed by atoms with van der Waals surface area (Å²) in [4.78, 5) is 16.2. The molecule has 0 spiro atoms. The summed E-state index contributed by atoms with van der Waals surface area (Å²) in [6.07, 6.45) is 0.967. The fourth-order valence-corrected chi connectivity index (χ4v) is 2.04. The van der Waals surface area contributed by atoms with E-state index in [1.165, 1.54) is 5.56 Å². The first-order valence-corrected chi connectivity index (χ1v) is 6.83. The topological polar surface area (TPSA) is 53.5 Å². The van der Waals surface area contributed by atoms with Gasteiger partial charge in [0.15, 0.2) is 5.96 Å². The van der Waals surface area contributed by atoms with E-state index in [4.69, 9.17) is 0 Å². The first-order valence-electron chi connectivity index (χ1n) is 6.83. The van der Waals surface area contributed by atoms with E-state index in [9.17, 15) is 4.79 Å². The second kappa shape index (κ2) is 5.87. The van der Waals surface area contributed by atoms with Gasteiger partial charge in [-0.3, -0.25) is 15.1 Å². The third kappa shape index (κ3) is 3.13. The van der Waals surface area contributed by atoms with Crippen LogP contribution in [-0.4, -0.2) is 18.4 Å². The Morgan fingerprint density at radius 2 is 1.95 bits per heavy atom. The molecule has 2 N–H and O–H groups in total. The maximum Gasteiger partial charge on any atom is 0.253 e. The number of nitrogens with one attached hydrogen (secondary N) is 2. The van der Waals surface area contributed by atoms with Crippen molar-refractivity contribution >= 4 is 11.9 Å². The zero-order valence-corrected chi connectivity index (χ0v) is 11.7. The Balaban J connectivity index is 2.12. The molecule has 0 saturated carbocycles. The highest BCUT2D eigenvalue weighted by molar-refractivity contribution is 6.06. The average Bonchev–Trinajstić information content (AvgIpc) is 2.77. The highest BCUT2D eigenvalue weighted by Crippen LogP contribution is 2.20. The molecule has 1 heterocycles. The normalized spacial score (nSPS) is 20.7.